The molecule has 2 N–H and O–H groups in total. The molecule has 0 saturated heterocycles. The Bertz CT molecular complexity index is 1250. The molecule has 3 aromatic rings. The summed E-state index contributed by atoms with van der Waals surface area (Å²) in [6, 6.07) is 21.9. The Labute approximate surface area is 201 Å². The zero-order valence-electron chi connectivity index (χ0n) is 18.5. The zero-order valence-corrected chi connectivity index (χ0v) is 20.1. The Morgan fingerprint density at radius 3 is 2.39 bits per heavy atom. The Balaban J connectivity index is 1.58. The lowest BCUT2D eigenvalue weighted by molar-refractivity contribution is -0.116. The van der Waals surface area contributed by atoms with Gasteiger partial charge in [0.05, 0.1) is 31.6 Å². The Kier molecular flexibility index (Phi) is 5.85. The van der Waals surface area contributed by atoms with Gasteiger partial charge in [0.2, 0.25) is 0 Å². The van der Waals surface area contributed by atoms with Gasteiger partial charge in [0.15, 0.2) is 17.3 Å². The number of carbonyl (C=O) groups is 1. The van der Waals surface area contributed by atoms with Crippen LogP contribution in [0.2, 0.25) is 0 Å². The van der Waals surface area contributed by atoms with Gasteiger partial charge in [0, 0.05) is 22.2 Å². The van der Waals surface area contributed by atoms with E-state index in [1.54, 1.807) is 14.2 Å². The summed E-state index contributed by atoms with van der Waals surface area (Å²) in [6.07, 6.45) is 1.18. The number of nitrogens with one attached hydrogen (secondary N) is 2. The number of hydrogen-bond donors (Lipinski definition) is 2. The van der Waals surface area contributed by atoms with Crippen LogP contribution >= 0.6 is 15.9 Å². The quantitative estimate of drug-likeness (QED) is 0.427. The molecule has 0 radical (unpaired) electrons. The fraction of sp³-hybridized carbons (Fsp3) is 0.222. The molecule has 2 unspecified atom stereocenters. The summed E-state index contributed by atoms with van der Waals surface area (Å²) in [6.45, 7) is 0. The molecule has 5 nitrogen and oxygen atoms in total. The highest BCUT2D eigenvalue weighted by Gasteiger charge is 2.36. The van der Waals surface area contributed by atoms with Gasteiger partial charge in [0.25, 0.3) is 0 Å². The molecule has 0 saturated carbocycles. The van der Waals surface area contributed by atoms with Gasteiger partial charge < -0.3 is 20.1 Å². The van der Waals surface area contributed by atoms with Crippen molar-refractivity contribution in [2.75, 3.05) is 24.9 Å². The van der Waals surface area contributed by atoms with Crippen LogP contribution in [-0.2, 0) is 4.79 Å². The first-order valence-electron chi connectivity index (χ1n) is 10.9. The molecular formula is C27H25BrN2O3. The van der Waals surface area contributed by atoms with Gasteiger partial charge in [-0.15, -0.1) is 0 Å². The third kappa shape index (κ3) is 4.11. The monoisotopic (exact) mass is 504 g/mol. The van der Waals surface area contributed by atoms with E-state index in [1.807, 2.05) is 54.6 Å². The molecule has 2 atom stereocenters. The first-order chi connectivity index (χ1) is 16.1. The van der Waals surface area contributed by atoms with Crippen molar-refractivity contribution in [1.29, 1.82) is 0 Å². The summed E-state index contributed by atoms with van der Waals surface area (Å²) in [5, 5.41) is 7.21. The lowest BCUT2D eigenvalue weighted by Gasteiger charge is -2.30. The molecule has 0 aromatic heterocycles. The predicted octanol–water partition coefficient (Wildman–Crippen LogP) is 6.45. The van der Waals surface area contributed by atoms with E-state index in [0.717, 1.165) is 44.7 Å². The van der Waals surface area contributed by atoms with E-state index in [1.165, 1.54) is 0 Å². The van der Waals surface area contributed by atoms with Crippen LogP contribution in [0, 0.1) is 0 Å². The minimum atomic E-state index is -0.229. The first-order valence-corrected chi connectivity index (χ1v) is 11.7. The van der Waals surface area contributed by atoms with Gasteiger partial charge in [-0.3, -0.25) is 4.79 Å². The molecule has 168 valence electrons. The number of allylic oxidation sites excluding steroid dienone is 1. The van der Waals surface area contributed by atoms with Gasteiger partial charge in [0.1, 0.15) is 0 Å². The van der Waals surface area contributed by atoms with E-state index in [2.05, 4.69) is 38.7 Å². The molecule has 0 amide bonds. The van der Waals surface area contributed by atoms with Crippen LogP contribution in [0.3, 0.4) is 0 Å². The normalized spacial score (nSPS) is 19.5. The second kappa shape index (κ2) is 8.94. The van der Waals surface area contributed by atoms with Crippen molar-refractivity contribution in [2.24, 2.45) is 0 Å². The van der Waals surface area contributed by atoms with Crippen LogP contribution in [0.25, 0.3) is 0 Å². The fourth-order valence-electron chi connectivity index (χ4n) is 4.77. The fourth-order valence-corrected chi connectivity index (χ4v) is 5.19. The van der Waals surface area contributed by atoms with Gasteiger partial charge in [-0.2, -0.15) is 0 Å². The third-order valence-electron chi connectivity index (χ3n) is 6.37. The Morgan fingerprint density at radius 1 is 0.848 bits per heavy atom. The molecule has 1 aliphatic heterocycles. The molecule has 0 bridgehead atoms. The predicted molar refractivity (Wildman–Crippen MR) is 134 cm³/mol. The van der Waals surface area contributed by atoms with Crippen LogP contribution in [0.4, 0.5) is 11.4 Å². The number of benzene rings is 3. The number of carbonyl (C=O) groups excluding carboxylic acids is 1. The molecule has 5 rings (SSSR count). The number of para-hydroxylation sites is 2. The standard InChI is InChI=1S/C27H25BrN2O3/c1-32-24-11-10-16(15-25(24)33-2)18-13-22-26(23(31)14-18)27(17-6-5-7-19(28)12-17)30-21-9-4-3-8-20(21)29-22/h3-12,15,18,27,29-30H,13-14H2,1-2H3. The minimum Gasteiger partial charge on any atom is -0.493 e. The molecule has 1 heterocycles. The number of methoxy groups -OCH3 is 2. The van der Waals surface area contributed by atoms with Gasteiger partial charge >= 0.3 is 0 Å². The molecule has 0 fully saturated rings. The van der Waals surface area contributed by atoms with Crippen molar-refractivity contribution in [3.8, 4) is 11.5 Å². The van der Waals surface area contributed by atoms with E-state index in [4.69, 9.17) is 9.47 Å². The highest BCUT2D eigenvalue weighted by atomic mass is 79.9. The van der Waals surface area contributed by atoms with Gasteiger partial charge in [-0.1, -0.05) is 46.3 Å². The van der Waals surface area contributed by atoms with E-state index >= 15 is 0 Å². The van der Waals surface area contributed by atoms with Crippen molar-refractivity contribution < 1.29 is 14.3 Å². The van der Waals surface area contributed by atoms with Crippen molar-refractivity contribution in [3.05, 3.63) is 93.6 Å². The summed E-state index contributed by atoms with van der Waals surface area (Å²) >= 11 is 3.58. The maximum absolute atomic E-state index is 13.7. The number of fused-ring (bicyclic) bond motifs is 1. The lowest BCUT2D eigenvalue weighted by Crippen LogP contribution is -2.26. The highest BCUT2D eigenvalue weighted by Crippen LogP contribution is 2.45. The molecular weight excluding hydrogens is 480 g/mol. The molecule has 0 spiro atoms. The van der Waals surface area contributed by atoms with Crippen LogP contribution < -0.4 is 20.1 Å². The Hall–Kier alpha value is -3.25. The Morgan fingerprint density at radius 2 is 1.64 bits per heavy atom. The summed E-state index contributed by atoms with van der Waals surface area (Å²) in [4.78, 5) is 13.7. The highest BCUT2D eigenvalue weighted by molar-refractivity contribution is 9.10. The maximum Gasteiger partial charge on any atom is 0.163 e. The number of rotatable bonds is 4. The topological polar surface area (TPSA) is 59.6 Å². The van der Waals surface area contributed by atoms with Crippen molar-refractivity contribution in [2.45, 2.75) is 24.8 Å². The maximum atomic E-state index is 13.7. The second-order valence-corrected chi connectivity index (χ2v) is 9.25. The second-order valence-electron chi connectivity index (χ2n) is 8.34. The number of Topliss-reactive ketones (excluding diaryl/α,β-unsaturated/α-hetero) is 1. The lowest BCUT2D eigenvalue weighted by atomic mass is 9.78. The van der Waals surface area contributed by atoms with Crippen molar-refractivity contribution >= 4 is 33.1 Å². The summed E-state index contributed by atoms with van der Waals surface area (Å²) in [7, 11) is 3.26. The van der Waals surface area contributed by atoms with Crippen molar-refractivity contribution in [3.63, 3.8) is 0 Å². The summed E-state index contributed by atoms with van der Waals surface area (Å²) < 4.78 is 11.9. The van der Waals surface area contributed by atoms with E-state index in [-0.39, 0.29) is 17.7 Å². The number of hydrogen-bond acceptors (Lipinski definition) is 5. The first kappa shape index (κ1) is 21.6. The van der Waals surface area contributed by atoms with Crippen molar-refractivity contribution in [1.82, 2.24) is 0 Å². The van der Waals surface area contributed by atoms with E-state index in [9.17, 15) is 4.79 Å². The molecule has 2 aliphatic rings. The van der Waals surface area contributed by atoms with E-state index in [0.29, 0.717) is 17.9 Å². The average Bonchev–Trinajstić information content (AvgIpc) is 3.00. The largest absolute Gasteiger partial charge is 0.493 e. The number of ketones is 1. The average molecular weight is 505 g/mol. The summed E-state index contributed by atoms with van der Waals surface area (Å²) in [5.74, 6) is 1.56. The summed E-state index contributed by atoms with van der Waals surface area (Å²) in [5.41, 5.74) is 5.84. The molecule has 3 aromatic carbocycles. The minimum absolute atomic E-state index is 0.0528. The molecule has 33 heavy (non-hydrogen) atoms. The van der Waals surface area contributed by atoms with Gasteiger partial charge in [-0.05, 0) is 59.9 Å². The molecule has 6 heteroatoms. The SMILES string of the molecule is COc1ccc(C2CC(=O)C3=C(C2)Nc2ccccc2NC3c2cccc(Br)c2)cc1OC. The zero-order chi connectivity index (χ0) is 22.9. The smallest absolute Gasteiger partial charge is 0.163 e. The van der Waals surface area contributed by atoms with Crippen LogP contribution in [0.1, 0.15) is 35.9 Å². The van der Waals surface area contributed by atoms with Gasteiger partial charge in [-0.25, -0.2) is 0 Å². The number of ether oxygens (including phenoxy) is 2. The van der Waals surface area contributed by atoms with E-state index < -0.39 is 0 Å². The number of anilines is 2. The number of halogens is 1. The third-order valence-corrected chi connectivity index (χ3v) is 6.86. The van der Waals surface area contributed by atoms with Crippen LogP contribution in [0.15, 0.2) is 82.5 Å². The van der Waals surface area contributed by atoms with Crippen LogP contribution in [-0.4, -0.2) is 20.0 Å². The molecule has 1 aliphatic carbocycles. The van der Waals surface area contributed by atoms with Crippen LogP contribution in [0.5, 0.6) is 11.5 Å².